The van der Waals surface area contributed by atoms with Gasteiger partial charge < -0.3 is 4.90 Å². The number of nitrogens with zero attached hydrogens (tertiary/aromatic N) is 3. The number of hydrogen-bond acceptors (Lipinski definition) is 4. The first-order valence-electron chi connectivity index (χ1n) is 6.54. The Morgan fingerprint density at radius 2 is 2.11 bits per heavy atom. The molecule has 2 aliphatic heterocycles. The number of carbonyl (C=O) groups is 2. The maximum Gasteiger partial charge on any atom is 0.253 e. The monoisotopic (exact) mass is 266 g/mol. The summed E-state index contributed by atoms with van der Waals surface area (Å²) in [5, 5.41) is 4.07. The van der Waals surface area contributed by atoms with Crippen LogP contribution < -0.4 is 5.43 Å². The fourth-order valence-corrected chi connectivity index (χ4v) is 2.44. The molecular weight excluding hydrogens is 244 g/mol. The van der Waals surface area contributed by atoms with E-state index >= 15 is 0 Å². The zero-order chi connectivity index (χ0) is 14.4. The number of rotatable bonds is 2. The predicted molar refractivity (Wildman–Crippen MR) is 72.6 cm³/mol. The third kappa shape index (κ3) is 2.04. The van der Waals surface area contributed by atoms with Crippen LogP contribution in [0.4, 0.5) is 0 Å². The molecule has 2 aliphatic rings. The lowest BCUT2D eigenvalue weighted by Gasteiger charge is -2.42. The highest BCUT2D eigenvalue weighted by molar-refractivity contribution is 6.13. The molecule has 0 bridgehead atoms. The van der Waals surface area contributed by atoms with Crippen LogP contribution >= 0.6 is 0 Å². The first-order valence-corrected chi connectivity index (χ1v) is 6.54. The first-order chi connectivity index (χ1) is 8.69. The van der Waals surface area contributed by atoms with Gasteiger partial charge in [-0.05, 0) is 34.9 Å². The average Bonchev–Trinajstić information content (AvgIpc) is 2.63. The number of likely N-dealkylation sites (tertiary alicyclic amines) is 1. The molecule has 0 radical (unpaired) electrons. The van der Waals surface area contributed by atoms with Crippen molar-refractivity contribution in [2.45, 2.75) is 32.7 Å². The zero-order valence-electron chi connectivity index (χ0n) is 12.3. The zero-order valence-corrected chi connectivity index (χ0v) is 12.3. The summed E-state index contributed by atoms with van der Waals surface area (Å²) in [6.45, 7) is 6.69. The van der Waals surface area contributed by atoms with Crippen molar-refractivity contribution in [3.8, 4) is 0 Å². The Labute approximate surface area is 113 Å². The second-order valence-electron chi connectivity index (χ2n) is 6.26. The average molecular weight is 266 g/mol. The fourth-order valence-electron chi connectivity index (χ4n) is 2.44. The minimum Gasteiger partial charge on any atom is -0.339 e. The lowest BCUT2D eigenvalue weighted by Crippen LogP contribution is -2.59. The number of amides is 2. The van der Waals surface area contributed by atoms with Gasteiger partial charge in [-0.25, -0.2) is 5.43 Å². The van der Waals surface area contributed by atoms with Gasteiger partial charge >= 0.3 is 0 Å². The lowest BCUT2D eigenvalue weighted by molar-refractivity contribution is -0.143. The summed E-state index contributed by atoms with van der Waals surface area (Å²) in [6.07, 6.45) is 0.657. The molecule has 1 atom stereocenters. The van der Waals surface area contributed by atoms with E-state index in [1.165, 1.54) is 0 Å². The summed E-state index contributed by atoms with van der Waals surface area (Å²) >= 11 is 0. The van der Waals surface area contributed by atoms with E-state index in [1.54, 1.807) is 4.90 Å². The highest BCUT2D eigenvalue weighted by Crippen LogP contribution is 2.32. The van der Waals surface area contributed by atoms with Gasteiger partial charge in [0, 0.05) is 19.5 Å². The van der Waals surface area contributed by atoms with E-state index in [2.05, 4.69) is 10.5 Å². The van der Waals surface area contributed by atoms with Crippen LogP contribution in [-0.2, 0) is 9.59 Å². The summed E-state index contributed by atoms with van der Waals surface area (Å²) in [4.78, 5) is 28.2. The lowest BCUT2D eigenvalue weighted by atomic mass is 9.79. The maximum atomic E-state index is 12.6. The van der Waals surface area contributed by atoms with Crippen molar-refractivity contribution in [2.75, 3.05) is 27.2 Å². The molecule has 1 unspecified atom stereocenters. The van der Waals surface area contributed by atoms with E-state index in [1.807, 2.05) is 39.8 Å². The minimum atomic E-state index is -0.656. The molecule has 19 heavy (non-hydrogen) atoms. The van der Waals surface area contributed by atoms with Crippen LogP contribution in [0.5, 0.6) is 0 Å². The normalized spacial score (nSPS) is 27.2. The maximum absolute atomic E-state index is 12.6. The van der Waals surface area contributed by atoms with Crippen LogP contribution in [0.25, 0.3) is 0 Å². The summed E-state index contributed by atoms with van der Waals surface area (Å²) < 4.78 is 0. The molecule has 2 heterocycles. The number of hydrazone groups is 1. The Kier molecular flexibility index (Phi) is 3.16. The van der Waals surface area contributed by atoms with Crippen molar-refractivity contribution < 1.29 is 9.59 Å². The van der Waals surface area contributed by atoms with Crippen LogP contribution in [0.2, 0.25) is 0 Å². The van der Waals surface area contributed by atoms with Gasteiger partial charge in [0.15, 0.2) is 0 Å². The number of hydrogen-bond donors (Lipinski definition) is 1. The molecule has 0 saturated carbocycles. The van der Waals surface area contributed by atoms with Gasteiger partial charge in [0.2, 0.25) is 5.91 Å². The quantitative estimate of drug-likeness (QED) is 0.768. The molecule has 0 aliphatic carbocycles. The topological polar surface area (TPSA) is 65.0 Å². The van der Waals surface area contributed by atoms with Crippen LogP contribution in [0.1, 0.15) is 27.2 Å². The van der Waals surface area contributed by atoms with E-state index in [9.17, 15) is 9.59 Å². The van der Waals surface area contributed by atoms with Gasteiger partial charge in [-0.15, -0.1) is 0 Å². The molecule has 1 N–H and O–H groups in total. The highest BCUT2D eigenvalue weighted by atomic mass is 16.2. The molecule has 6 heteroatoms. The van der Waals surface area contributed by atoms with Crippen molar-refractivity contribution in [3.05, 3.63) is 0 Å². The summed E-state index contributed by atoms with van der Waals surface area (Å²) in [7, 11) is 3.78. The number of fused-ring (bicyclic) bond motifs is 1. The largest absolute Gasteiger partial charge is 0.339 e. The Hall–Kier alpha value is -1.43. The third-order valence-electron chi connectivity index (χ3n) is 4.48. The number of nitrogens with one attached hydrogen (secondary N) is 1. The Morgan fingerprint density at radius 3 is 2.68 bits per heavy atom. The Morgan fingerprint density at radius 1 is 1.47 bits per heavy atom. The van der Waals surface area contributed by atoms with Crippen LogP contribution in [0, 0.1) is 5.41 Å². The highest BCUT2D eigenvalue weighted by Gasteiger charge is 2.49. The first kappa shape index (κ1) is 14.0. The molecule has 106 valence electrons. The summed E-state index contributed by atoms with van der Waals surface area (Å²) in [6, 6.07) is 0. The standard InChI is InChI=1S/C13H22N4O2/c1-12(2,16(4)5)11(19)17-7-6-9-13(3,8-17)10(18)15-14-9/h6-8H2,1-5H3,(H,15,18). The minimum absolute atomic E-state index is 0.0532. The second kappa shape index (κ2) is 4.30. The van der Waals surface area contributed by atoms with Crippen molar-refractivity contribution in [1.29, 1.82) is 0 Å². The van der Waals surface area contributed by atoms with Crippen LogP contribution in [-0.4, -0.2) is 60.0 Å². The van der Waals surface area contributed by atoms with Crippen molar-refractivity contribution in [2.24, 2.45) is 10.5 Å². The summed E-state index contributed by atoms with van der Waals surface area (Å²) in [5.41, 5.74) is 2.16. The molecule has 2 amide bonds. The van der Waals surface area contributed by atoms with Gasteiger partial charge in [0.1, 0.15) is 5.41 Å². The van der Waals surface area contributed by atoms with Gasteiger partial charge in [0.05, 0.1) is 11.3 Å². The van der Waals surface area contributed by atoms with Crippen molar-refractivity contribution in [3.63, 3.8) is 0 Å². The molecule has 0 aromatic rings. The number of likely N-dealkylation sites (N-methyl/N-ethyl adjacent to an activating group) is 1. The van der Waals surface area contributed by atoms with Gasteiger partial charge in [-0.1, -0.05) is 0 Å². The molecule has 2 rings (SSSR count). The van der Waals surface area contributed by atoms with E-state index in [-0.39, 0.29) is 11.8 Å². The van der Waals surface area contributed by atoms with Gasteiger partial charge in [-0.3, -0.25) is 14.5 Å². The molecule has 1 fully saturated rings. The summed E-state index contributed by atoms with van der Waals surface area (Å²) in [5.74, 6) is -0.0554. The van der Waals surface area contributed by atoms with Crippen LogP contribution in [0.3, 0.4) is 0 Å². The molecule has 0 aromatic carbocycles. The van der Waals surface area contributed by atoms with E-state index < -0.39 is 11.0 Å². The second-order valence-corrected chi connectivity index (χ2v) is 6.26. The molecule has 0 aromatic heterocycles. The van der Waals surface area contributed by atoms with Crippen LogP contribution in [0.15, 0.2) is 5.10 Å². The predicted octanol–water partition coefficient (Wildman–Crippen LogP) is 0.0510. The van der Waals surface area contributed by atoms with E-state index in [4.69, 9.17) is 0 Å². The van der Waals surface area contributed by atoms with Gasteiger partial charge in [-0.2, -0.15) is 5.10 Å². The fraction of sp³-hybridized carbons (Fsp3) is 0.769. The van der Waals surface area contributed by atoms with Gasteiger partial charge in [0.25, 0.3) is 5.91 Å². The molecular formula is C13H22N4O2. The van der Waals surface area contributed by atoms with E-state index in [0.717, 1.165) is 5.71 Å². The molecule has 1 saturated heterocycles. The number of piperidine rings is 1. The van der Waals surface area contributed by atoms with Crippen molar-refractivity contribution >= 4 is 17.5 Å². The van der Waals surface area contributed by atoms with Crippen molar-refractivity contribution in [1.82, 2.24) is 15.2 Å². The third-order valence-corrected chi connectivity index (χ3v) is 4.48. The Balaban J connectivity index is 2.19. The Bertz CT molecular complexity index is 456. The smallest absolute Gasteiger partial charge is 0.253 e. The SMILES string of the molecule is CN(C)C(C)(C)C(=O)N1CCC2=NNC(=O)C2(C)C1. The molecule has 0 spiro atoms. The molecule has 6 nitrogen and oxygen atoms in total. The van der Waals surface area contributed by atoms with E-state index in [0.29, 0.717) is 19.5 Å². The number of carbonyl (C=O) groups excluding carboxylic acids is 2.